The van der Waals surface area contributed by atoms with Gasteiger partial charge in [0.2, 0.25) is 0 Å². The number of aliphatic hydroxyl groups is 1. The minimum absolute atomic E-state index is 0.248. The van der Waals surface area contributed by atoms with Crippen molar-refractivity contribution >= 4 is 16.7 Å². The molecule has 2 aromatic rings. The average Bonchev–Trinajstić information content (AvgIpc) is 2.70. The molecule has 0 amide bonds. The van der Waals surface area contributed by atoms with Gasteiger partial charge >= 0.3 is 0 Å². The lowest BCUT2D eigenvalue weighted by atomic mass is 10.1. The first-order valence-corrected chi connectivity index (χ1v) is 9.19. The zero-order valence-corrected chi connectivity index (χ0v) is 16.8. The lowest BCUT2D eigenvalue weighted by Crippen LogP contribution is -2.47. The lowest BCUT2D eigenvalue weighted by molar-refractivity contribution is -0.402. The molecule has 1 aromatic carbocycles. The van der Waals surface area contributed by atoms with Gasteiger partial charge in [-0.15, -0.1) is 0 Å². The van der Waals surface area contributed by atoms with E-state index in [4.69, 9.17) is 34.9 Å². The number of fused-ring (bicyclic) bond motifs is 1. The Labute approximate surface area is 168 Å². The molecule has 0 bridgehead atoms. The van der Waals surface area contributed by atoms with Crippen molar-refractivity contribution in [1.29, 1.82) is 0 Å². The molecule has 0 spiro atoms. The number of anilines is 1. The molecule has 2 heterocycles. The number of aryl methyl sites for hydroxylation is 1. The number of aromatic nitrogens is 2. The SMILES string of the molecule is COc1cc2nc(C)nc(N3CCN(CCCO)CC3)c2cc1OC.O=[N+]([O-])[O-]. The van der Waals surface area contributed by atoms with Gasteiger partial charge in [0.25, 0.3) is 0 Å². The van der Waals surface area contributed by atoms with E-state index in [1.807, 2.05) is 19.1 Å². The zero-order chi connectivity index (χ0) is 21.4. The van der Waals surface area contributed by atoms with Crippen LogP contribution in [-0.4, -0.2) is 78.6 Å². The van der Waals surface area contributed by atoms with Crippen molar-refractivity contribution in [2.75, 3.05) is 58.5 Å². The molecule has 1 N–H and O–H groups in total. The summed E-state index contributed by atoms with van der Waals surface area (Å²) in [5.41, 5.74) is 0.864. The van der Waals surface area contributed by atoms with Crippen molar-refractivity contribution in [3.05, 3.63) is 33.3 Å². The summed E-state index contributed by atoms with van der Waals surface area (Å²) in [6, 6.07) is 3.87. The number of rotatable bonds is 6. The monoisotopic (exact) mass is 408 g/mol. The van der Waals surface area contributed by atoms with Crippen LogP contribution in [0.25, 0.3) is 10.9 Å². The maximum atomic E-state index is 8.99. The lowest BCUT2D eigenvalue weighted by Gasteiger charge is -2.35. The van der Waals surface area contributed by atoms with E-state index in [0.29, 0.717) is 11.5 Å². The van der Waals surface area contributed by atoms with E-state index in [0.717, 1.165) is 61.7 Å². The first kappa shape index (κ1) is 22.4. The van der Waals surface area contributed by atoms with Crippen LogP contribution in [-0.2, 0) is 0 Å². The number of ether oxygens (including phenoxy) is 2. The summed E-state index contributed by atoms with van der Waals surface area (Å²) in [5, 5.41) is 24.7. The summed E-state index contributed by atoms with van der Waals surface area (Å²) in [5.74, 6) is 3.06. The van der Waals surface area contributed by atoms with Crippen molar-refractivity contribution < 1.29 is 19.7 Å². The smallest absolute Gasteiger partial charge is 0.162 e. The number of nitrogens with zero attached hydrogens (tertiary/aromatic N) is 5. The Hall–Kier alpha value is -2.92. The Balaban J connectivity index is 0.000000687. The van der Waals surface area contributed by atoms with Crippen LogP contribution in [0.2, 0.25) is 0 Å². The Bertz CT molecular complexity index is 822. The fourth-order valence-corrected chi connectivity index (χ4v) is 3.27. The third-order valence-corrected chi connectivity index (χ3v) is 4.60. The van der Waals surface area contributed by atoms with Crippen molar-refractivity contribution in [3.63, 3.8) is 0 Å². The second-order valence-electron chi connectivity index (χ2n) is 6.45. The van der Waals surface area contributed by atoms with Gasteiger partial charge in [-0.05, 0) is 19.4 Å². The number of aliphatic hydroxyl groups excluding tert-OH is 1. The van der Waals surface area contributed by atoms with E-state index in [-0.39, 0.29) is 6.61 Å². The highest BCUT2D eigenvalue weighted by Crippen LogP contribution is 2.35. The van der Waals surface area contributed by atoms with Gasteiger partial charge in [-0.1, -0.05) is 0 Å². The predicted octanol–water partition coefficient (Wildman–Crippen LogP) is 1.22. The fourth-order valence-electron chi connectivity index (χ4n) is 3.27. The van der Waals surface area contributed by atoms with Crippen LogP contribution in [0.4, 0.5) is 5.82 Å². The van der Waals surface area contributed by atoms with Gasteiger partial charge in [-0.2, -0.15) is 0 Å². The van der Waals surface area contributed by atoms with Gasteiger partial charge in [0.05, 0.1) is 24.8 Å². The number of hydrogen-bond acceptors (Lipinski definition) is 10. The molecule has 0 saturated carbocycles. The summed E-state index contributed by atoms with van der Waals surface area (Å²) in [6.07, 6.45) is 0.826. The number of methoxy groups -OCH3 is 2. The van der Waals surface area contributed by atoms with Gasteiger partial charge in [0.1, 0.15) is 11.6 Å². The molecule has 3 rings (SSSR count). The molecule has 0 aliphatic carbocycles. The second kappa shape index (κ2) is 10.6. The summed E-state index contributed by atoms with van der Waals surface area (Å²) in [7, 11) is 3.27. The first-order valence-electron chi connectivity index (χ1n) is 9.19. The zero-order valence-electron chi connectivity index (χ0n) is 16.8. The molecule has 1 saturated heterocycles. The quantitative estimate of drug-likeness (QED) is 0.548. The van der Waals surface area contributed by atoms with Crippen LogP contribution < -0.4 is 14.4 Å². The number of hydrogen-bond donors (Lipinski definition) is 1. The molecule has 1 aliphatic heterocycles. The van der Waals surface area contributed by atoms with Crippen molar-refractivity contribution in [2.24, 2.45) is 0 Å². The van der Waals surface area contributed by atoms with Gasteiger partial charge in [0.15, 0.2) is 11.5 Å². The Morgan fingerprint density at radius 3 is 2.24 bits per heavy atom. The molecular weight excluding hydrogens is 382 g/mol. The highest BCUT2D eigenvalue weighted by Gasteiger charge is 2.21. The van der Waals surface area contributed by atoms with Crippen LogP contribution in [0.3, 0.4) is 0 Å². The van der Waals surface area contributed by atoms with E-state index in [2.05, 4.69) is 14.8 Å². The van der Waals surface area contributed by atoms with Crippen LogP contribution in [0.15, 0.2) is 12.1 Å². The molecule has 29 heavy (non-hydrogen) atoms. The Morgan fingerprint density at radius 2 is 1.69 bits per heavy atom. The van der Waals surface area contributed by atoms with Gasteiger partial charge < -0.3 is 34.8 Å². The molecule has 11 heteroatoms. The summed E-state index contributed by atoms with van der Waals surface area (Å²) in [4.78, 5) is 22.2. The highest BCUT2D eigenvalue weighted by atomic mass is 16.9. The predicted molar refractivity (Wildman–Crippen MR) is 108 cm³/mol. The van der Waals surface area contributed by atoms with Crippen LogP contribution in [0.1, 0.15) is 12.2 Å². The molecule has 1 aromatic heterocycles. The number of benzene rings is 1. The van der Waals surface area contributed by atoms with E-state index in [1.165, 1.54) is 0 Å². The number of piperazine rings is 1. The second-order valence-corrected chi connectivity index (χ2v) is 6.45. The highest BCUT2D eigenvalue weighted by molar-refractivity contribution is 5.92. The summed E-state index contributed by atoms with van der Waals surface area (Å²) < 4.78 is 10.8. The maximum Gasteiger partial charge on any atom is 0.162 e. The molecule has 160 valence electrons. The molecule has 0 atom stereocenters. The van der Waals surface area contributed by atoms with E-state index < -0.39 is 5.09 Å². The maximum absolute atomic E-state index is 8.99. The summed E-state index contributed by atoms with van der Waals surface area (Å²) in [6.45, 7) is 6.86. The van der Waals surface area contributed by atoms with Crippen molar-refractivity contribution in [2.45, 2.75) is 13.3 Å². The molecular formula is C18H26N5O6-. The molecule has 1 fully saturated rings. The third-order valence-electron chi connectivity index (χ3n) is 4.60. The standard InChI is InChI=1S/C18H26N4O3.NO3/c1-13-19-15-12-17(25-3)16(24-2)11-14(15)18(20-13)22-8-6-21(7-9-22)5-4-10-23;2-1(3)4/h11-12,23H,4-10H2,1-3H3;/q;-1. The van der Waals surface area contributed by atoms with Crippen LogP contribution in [0.5, 0.6) is 11.5 Å². The molecule has 0 radical (unpaired) electrons. The summed E-state index contributed by atoms with van der Waals surface area (Å²) >= 11 is 0. The molecule has 11 nitrogen and oxygen atoms in total. The fraction of sp³-hybridized carbons (Fsp3) is 0.556. The Morgan fingerprint density at radius 1 is 1.10 bits per heavy atom. The van der Waals surface area contributed by atoms with Crippen molar-refractivity contribution in [3.8, 4) is 11.5 Å². The minimum Gasteiger partial charge on any atom is -0.493 e. The van der Waals surface area contributed by atoms with Gasteiger partial charge in [-0.3, -0.25) is 4.90 Å². The average molecular weight is 408 g/mol. The van der Waals surface area contributed by atoms with E-state index in [9.17, 15) is 0 Å². The van der Waals surface area contributed by atoms with Gasteiger partial charge in [-0.25, -0.2) is 9.97 Å². The topological polar surface area (TPSA) is 137 Å². The van der Waals surface area contributed by atoms with Gasteiger partial charge in [0, 0.05) is 50.8 Å². The minimum atomic E-state index is -1.75. The van der Waals surface area contributed by atoms with E-state index >= 15 is 0 Å². The Kier molecular flexibility index (Phi) is 8.16. The largest absolute Gasteiger partial charge is 0.493 e. The first-order chi connectivity index (χ1) is 13.9. The molecule has 1 aliphatic rings. The van der Waals surface area contributed by atoms with Crippen LogP contribution >= 0.6 is 0 Å². The normalized spacial score (nSPS) is 14.3. The third kappa shape index (κ3) is 6.03. The van der Waals surface area contributed by atoms with Crippen LogP contribution in [0, 0.1) is 22.2 Å². The van der Waals surface area contributed by atoms with Crippen molar-refractivity contribution in [1.82, 2.24) is 14.9 Å². The van der Waals surface area contributed by atoms with E-state index in [1.54, 1.807) is 14.2 Å². The molecule has 0 unspecified atom stereocenters.